The molecule has 5 rings (SSSR count). The molecule has 0 fully saturated rings. The fourth-order valence-electron chi connectivity index (χ4n) is 4.45. The molecule has 3 aromatic heterocycles. The molecule has 1 N–H and O–H groups in total. The summed E-state index contributed by atoms with van der Waals surface area (Å²) in [6.07, 6.45) is 1.56. The highest BCUT2D eigenvalue weighted by atomic mass is 32.2. The van der Waals surface area contributed by atoms with E-state index in [1.807, 2.05) is 13.0 Å². The van der Waals surface area contributed by atoms with Crippen LogP contribution in [0.5, 0.6) is 0 Å². The first-order valence-electron chi connectivity index (χ1n) is 11.7. The number of hydrogen-bond acceptors (Lipinski definition) is 7. The molecule has 0 aliphatic heterocycles. The maximum atomic E-state index is 13.9. The van der Waals surface area contributed by atoms with Gasteiger partial charge < -0.3 is 9.55 Å². The summed E-state index contributed by atoms with van der Waals surface area (Å²) in [6.45, 7) is 3.28. The summed E-state index contributed by atoms with van der Waals surface area (Å²) in [7, 11) is -5.72. The lowest BCUT2D eigenvalue weighted by Gasteiger charge is -2.19. The molecule has 2 aromatic carbocycles. The molecule has 0 bridgehead atoms. The van der Waals surface area contributed by atoms with Crippen LogP contribution in [0.1, 0.15) is 22.6 Å². The van der Waals surface area contributed by atoms with Gasteiger partial charge in [-0.05, 0) is 55.8 Å². The van der Waals surface area contributed by atoms with Gasteiger partial charge in [0.05, 0.1) is 22.5 Å². The van der Waals surface area contributed by atoms with Gasteiger partial charge in [-0.15, -0.1) is 0 Å². The Morgan fingerprint density at radius 1 is 1.03 bits per heavy atom. The van der Waals surface area contributed by atoms with Crippen molar-refractivity contribution in [3.8, 4) is 6.07 Å². The van der Waals surface area contributed by atoms with Crippen LogP contribution in [0.15, 0.2) is 69.3 Å². The first kappa shape index (κ1) is 26.4. The van der Waals surface area contributed by atoms with E-state index in [4.69, 9.17) is 0 Å². The summed E-state index contributed by atoms with van der Waals surface area (Å²) in [5.41, 5.74) is 1.41. The number of nitrogens with zero attached hydrogens (tertiary/aromatic N) is 5. The summed E-state index contributed by atoms with van der Waals surface area (Å²) in [6, 6.07) is 14.0. The van der Waals surface area contributed by atoms with Gasteiger partial charge in [-0.3, -0.25) is 4.79 Å². The second-order valence-electron chi connectivity index (χ2n) is 9.36. The molecule has 0 radical (unpaired) electrons. The van der Waals surface area contributed by atoms with Gasteiger partial charge in [-0.25, -0.2) is 25.8 Å². The molecule has 0 spiro atoms. The fraction of sp³-hybridized carbons (Fsp3) is 0.192. The van der Waals surface area contributed by atoms with Crippen LogP contribution in [0.3, 0.4) is 0 Å². The number of fused-ring (bicyclic) bond motifs is 2. The number of aromatic nitrogens is 4. The van der Waals surface area contributed by atoms with Crippen molar-refractivity contribution in [2.24, 2.45) is 7.05 Å². The smallest absolute Gasteiger partial charge is 0.276 e. The van der Waals surface area contributed by atoms with Gasteiger partial charge in [0, 0.05) is 25.7 Å². The van der Waals surface area contributed by atoms with Gasteiger partial charge in [-0.1, -0.05) is 17.7 Å². The maximum absolute atomic E-state index is 13.9. The summed E-state index contributed by atoms with van der Waals surface area (Å²) in [5, 5.41) is 10.1. The van der Waals surface area contributed by atoms with Crippen LogP contribution in [0, 0.1) is 25.2 Å². The molecule has 0 atom stereocenters. The third-order valence-electron chi connectivity index (χ3n) is 6.47. The first-order chi connectivity index (χ1) is 18.3. The molecule has 13 heteroatoms. The number of nitriles is 1. The van der Waals surface area contributed by atoms with Gasteiger partial charge in [0.15, 0.2) is 0 Å². The summed E-state index contributed by atoms with van der Waals surface area (Å²) >= 11 is 0. The van der Waals surface area contributed by atoms with E-state index in [2.05, 4.69) is 9.97 Å². The molecule has 5 aromatic rings. The number of sulfonamides is 1. The highest BCUT2D eigenvalue weighted by Gasteiger charge is 2.31. The Kier molecular flexibility index (Phi) is 6.21. The molecular weight excluding hydrogens is 540 g/mol. The normalized spacial score (nSPS) is 12.4. The second kappa shape index (κ2) is 9.19. The third-order valence-corrected chi connectivity index (χ3v) is 10.0. The minimum Gasteiger partial charge on any atom is -0.336 e. The van der Waals surface area contributed by atoms with Crippen LogP contribution in [-0.2, 0) is 33.6 Å². The molecule has 0 amide bonds. The number of imidazole rings is 1. The zero-order valence-corrected chi connectivity index (χ0v) is 23.1. The molecule has 11 nitrogen and oxygen atoms in total. The lowest BCUT2D eigenvalue weighted by atomic mass is 10.2. The number of aryl methyl sites for hydroxylation is 3. The highest BCUT2D eigenvalue weighted by molar-refractivity contribution is 7.90. The molecule has 3 heterocycles. The Labute approximate surface area is 224 Å². The lowest BCUT2D eigenvalue weighted by Crippen LogP contribution is -2.28. The summed E-state index contributed by atoms with van der Waals surface area (Å²) < 4.78 is 58.5. The van der Waals surface area contributed by atoms with E-state index in [0.29, 0.717) is 16.5 Å². The van der Waals surface area contributed by atoms with Crippen molar-refractivity contribution in [2.45, 2.75) is 30.2 Å². The SMILES string of the molecule is Cc1ccc(S(=O)(=O)n2c(C#N)cc3cc(C)cc(S(=O)(=O)N(C)Cc4nc5ccn(C)c(=O)c5[nH]4)c32)cc1. The Balaban J connectivity index is 1.68. The minimum absolute atomic E-state index is 0.0803. The van der Waals surface area contributed by atoms with Gasteiger partial charge in [-0.2, -0.15) is 9.57 Å². The quantitative estimate of drug-likeness (QED) is 0.333. The topological polar surface area (TPSA) is 151 Å². The number of aromatic amines is 1. The van der Waals surface area contributed by atoms with E-state index >= 15 is 0 Å². The Bertz CT molecular complexity index is 2100. The van der Waals surface area contributed by atoms with E-state index < -0.39 is 20.0 Å². The minimum atomic E-state index is -4.33. The average molecular weight is 565 g/mol. The predicted molar refractivity (Wildman–Crippen MR) is 145 cm³/mol. The van der Waals surface area contributed by atoms with Crippen LogP contribution >= 0.6 is 0 Å². The fourth-order valence-corrected chi connectivity index (χ4v) is 7.41. The largest absolute Gasteiger partial charge is 0.336 e. The number of rotatable bonds is 6. The van der Waals surface area contributed by atoms with Crippen LogP contribution < -0.4 is 5.56 Å². The Morgan fingerprint density at radius 2 is 1.72 bits per heavy atom. The second-order valence-corrected chi connectivity index (χ2v) is 13.2. The molecule has 0 aliphatic carbocycles. The van der Waals surface area contributed by atoms with Gasteiger partial charge in [0.25, 0.3) is 15.6 Å². The predicted octanol–water partition coefficient (Wildman–Crippen LogP) is 2.76. The number of pyridine rings is 1. The Hall–Kier alpha value is -4.25. The zero-order valence-electron chi connectivity index (χ0n) is 21.5. The molecule has 0 aliphatic rings. The van der Waals surface area contributed by atoms with E-state index in [1.54, 1.807) is 44.4 Å². The third kappa shape index (κ3) is 4.32. The van der Waals surface area contributed by atoms with E-state index in [0.717, 1.165) is 13.8 Å². The Morgan fingerprint density at radius 3 is 2.38 bits per heavy atom. The van der Waals surface area contributed by atoms with Gasteiger partial charge >= 0.3 is 0 Å². The van der Waals surface area contributed by atoms with Crippen LogP contribution in [-0.4, -0.2) is 46.7 Å². The molecule has 0 unspecified atom stereocenters. The van der Waals surface area contributed by atoms with Crippen molar-refractivity contribution in [2.75, 3.05) is 7.05 Å². The van der Waals surface area contributed by atoms with Crippen molar-refractivity contribution in [1.82, 2.24) is 22.8 Å². The van der Waals surface area contributed by atoms with E-state index in [1.165, 1.54) is 35.9 Å². The summed E-state index contributed by atoms with van der Waals surface area (Å²) in [5.74, 6) is 0.239. The molecule has 0 saturated carbocycles. The van der Waals surface area contributed by atoms with Crippen molar-refractivity contribution in [1.29, 1.82) is 5.26 Å². The summed E-state index contributed by atoms with van der Waals surface area (Å²) in [4.78, 5) is 19.3. The standard InChI is InChI=1S/C26H24N6O5S2/c1-16-5-7-20(8-6-16)38(34,35)32-19(14-27)13-18-11-17(2)12-22(25(18)32)39(36,37)31(4)15-23-28-21-9-10-30(3)26(33)24(21)29-23/h5-13H,15H2,1-4H3,(H,28,29). The lowest BCUT2D eigenvalue weighted by molar-refractivity contribution is 0.459. The highest BCUT2D eigenvalue weighted by Crippen LogP contribution is 2.33. The first-order valence-corrected chi connectivity index (χ1v) is 14.6. The number of nitrogens with one attached hydrogen (secondary N) is 1. The van der Waals surface area contributed by atoms with Crippen molar-refractivity contribution in [3.05, 3.63) is 87.7 Å². The number of hydrogen-bond donors (Lipinski definition) is 1. The van der Waals surface area contributed by atoms with Crippen molar-refractivity contribution >= 4 is 42.0 Å². The molecule has 200 valence electrons. The van der Waals surface area contributed by atoms with Crippen LogP contribution in [0.25, 0.3) is 21.9 Å². The van der Waals surface area contributed by atoms with Crippen molar-refractivity contribution < 1.29 is 16.8 Å². The van der Waals surface area contributed by atoms with Crippen molar-refractivity contribution in [3.63, 3.8) is 0 Å². The van der Waals surface area contributed by atoms with Crippen LogP contribution in [0.4, 0.5) is 0 Å². The van der Waals surface area contributed by atoms with Gasteiger partial charge in [0.2, 0.25) is 10.0 Å². The number of benzene rings is 2. The monoisotopic (exact) mass is 564 g/mol. The molecular formula is C26H24N6O5S2. The van der Waals surface area contributed by atoms with E-state index in [9.17, 15) is 26.9 Å². The number of H-pyrrole nitrogens is 1. The maximum Gasteiger partial charge on any atom is 0.276 e. The molecule has 39 heavy (non-hydrogen) atoms. The van der Waals surface area contributed by atoms with E-state index in [-0.39, 0.29) is 44.4 Å². The van der Waals surface area contributed by atoms with Gasteiger partial charge in [0.1, 0.15) is 28.0 Å². The van der Waals surface area contributed by atoms with Crippen LogP contribution in [0.2, 0.25) is 0 Å². The average Bonchev–Trinajstić information content (AvgIpc) is 3.47. The molecule has 0 saturated heterocycles. The zero-order chi connectivity index (χ0) is 28.3.